The average Bonchev–Trinajstić information content (AvgIpc) is 3.15. The van der Waals surface area contributed by atoms with Crippen LogP contribution in [-0.4, -0.2) is 43.3 Å². The zero-order chi connectivity index (χ0) is 38.9. The first kappa shape index (κ1) is 50.8. The molecule has 0 rings (SSSR count). The van der Waals surface area contributed by atoms with Gasteiger partial charge < -0.3 is 14.4 Å². The van der Waals surface area contributed by atoms with Crippen LogP contribution in [0.1, 0.15) is 181 Å². The molecule has 0 bridgehead atoms. The number of hydrogen-bond acceptors (Lipinski definition) is 7. The molecule has 1 N–H and O–H groups in total. The number of hydrogen-bond donors (Lipinski definition) is 1. The van der Waals surface area contributed by atoms with Crippen molar-refractivity contribution >= 4 is 19.8 Å². The zero-order valence-electron chi connectivity index (χ0n) is 33.9. The van der Waals surface area contributed by atoms with Crippen molar-refractivity contribution in [2.45, 2.75) is 187 Å². The molecular weight excluding hydrogens is 687 g/mol. The number of allylic oxidation sites excluding steroid dienone is 10. The van der Waals surface area contributed by atoms with Crippen LogP contribution in [0.5, 0.6) is 0 Å². The van der Waals surface area contributed by atoms with Crippen molar-refractivity contribution in [3.05, 3.63) is 60.8 Å². The Labute approximate surface area is 324 Å². The maximum absolute atomic E-state index is 12.5. The van der Waals surface area contributed by atoms with Gasteiger partial charge in [-0.25, -0.2) is 4.57 Å². The van der Waals surface area contributed by atoms with Crippen molar-refractivity contribution in [2.75, 3.05) is 20.3 Å². The molecule has 0 aromatic rings. The van der Waals surface area contributed by atoms with E-state index in [0.717, 1.165) is 90.6 Å². The van der Waals surface area contributed by atoms with Gasteiger partial charge in [-0.3, -0.25) is 18.6 Å². The smallest absolute Gasteiger partial charge is 0.462 e. The minimum Gasteiger partial charge on any atom is -0.462 e. The second-order valence-corrected chi connectivity index (χ2v) is 15.3. The molecule has 9 heteroatoms. The second-order valence-electron chi connectivity index (χ2n) is 13.7. The van der Waals surface area contributed by atoms with Crippen LogP contribution in [0.15, 0.2) is 60.8 Å². The molecule has 0 saturated heterocycles. The molecule has 8 nitrogen and oxygen atoms in total. The van der Waals surface area contributed by atoms with Gasteiger partial charge in [-0.05, 0) is 77.0 Å². The average molecular weight is 765 g/mol. The molecular formula is C44H77O8P. The van der Waals surface area contributed by atoms with E-state index in [1.807, 2.05) is 0 Å². The van der Waals surface area contributed by atoms with E-state index in [4.69, 9.17) is 14.0 Å². The van der Waals surface area contributed by atoms with Crippen molar-refractivity contribution in [1.29, 1.82) is 0 Å². The topological polar surface area (TPSA) is 108 Å². The van der Waals surface area contributed by atoms with Crippen LogP contribution >= 0.6 is 7.82 Å². The quantitative estimate of drug-likeness (QED) is 0.0286. The highest BCUT2D eigenvalue weighted by Crippen LogP contribution is 2.42. The van der Waals surface area contributed by atoms with Crippen molar-refractivity contribution in [3.8, 4) is 0 Å². The van der Waals surface area contributed by atoms with Gasteiger partial charge in [-0.15, -0.1) is 0 Å². The Morgan fingerprint density at radius 1 is 0.547 bits per heavy atom. The Morgan fingerprint density at radius 2 is 0.962 bits per heavy atom. The maximum Gasteiger partial charge on any atom is 0.472 e. The molecule has 0 aliphatic carbocycles. The highest BCUT2D eigenvalue weighted by Gasteiger charge is 2.24. The van der Waals surface area contributed by atoms with E-state index in [2.05, 4.69) is 79.1 Å². The summed E-state index contributed by atoms with van der Waals surface area (Å²) in [6, 6.07) is 0. The number of rotatable bonds is 38. The molecule has 306 valence electrons. The Kier molecular flexibility index (Phi) is 37.8. The Balaban J connectivity index is 4.04. The lowest BCUT2D eigenvalue weighted by atomic mass is 10.1. The third-order valence-electron chi connectivity index (χ3n) is 8.75. The molecule has 0 amide bonds. The number of carbonyl (C=O) groups is 2. The first-order chi connectivity index (χ1) is 25.8. The summed E-state index contributed by atoms with van der Waals surface area (Å²) in [5.41, 5.74) is 0. The zero-order valence-corrected chi connectivity index (χ0v) is 34.8. The first-order valence-corrected chi connectivity index (χ1v) is 22.5. The minimum absolute atomic E-state index is 0.229. The molecule has 0 fully saturated rings. The van der Waals surface area contributed by atoms with Crippen molar-refractivity contribution in [2.24, 2.45) is 0 Å². The van der Waals surface area contributed by atoms with Crippen molar-refractivity contribution < 1.29 is 37.6 Å². The summed E-state index contributed by atoms with van der Waals surface area (Å²) in [4.78, 5) is 34.5. The van der Waals surface area contributed by atoms with Crippen molar-refractivity contribution in [1.82, 2.24) is 0 Å². The fraction of sp³-hybridized carbons (Fsp3) is 0.727. The van der Waals surface area contributed by atoms with Crippen LogP contribution in [0.4, 0.5) is 0 Å². The summed E-state index contributed by atoms with van der Waals surface area (Å²) in [5.74, 6) is -0.827. The third-order valence-corrected chi connectivity index (χ3v) is 9.68. The molecule has 0 aromatic carbocycles. The molecule has 0 heterocycles. The maximum atomic E-state index is 12.5. The second kappa shape index (κ2) is 39.4. The molecule has 0 aromatic heterocycles. The van der Waals surface area contributed by atoms with Gasteiger partial charge in [0.25, 0.3) is 0 Å². The lowest BCUT2D eigenvalue weighted by Crippen LogP contribution is -2.29. The molecule has 2 unspecified atom stereocenters. The monoisotopic (exact) mass is 765 g/mol. The van der Waals surface area contributed by atoms with Gasteiger partial charge in [0, 0.05) is 20.0 Å². The molecule has 53 heavy (non-hydrogen) atoms. The fourth-order valence-electron chi connectivity index (χ4n) is 5.53. The van der Waals surface area contributed by atoms with Gasteiger partial charge in [0.15, 0.2) is 6.10 Å². The molecule has 0 aliphatic rings. The summed E-state index contributed by atoms with van der Waals surface area (Å²) < 4.78 is 32.0. The van der Waals surface area contributed by atoms with Crippen LogP contribution in [0.25, 0.3) is 0 Å². The molecule has 0 saturated carbocycles. The van der Waals surface area contributed by atoms with E-state index >= 15 is 0 Å². The molecule has 2 atom stereocenters. The minimum atomic E-state index is -4.27. The van der Waals surface area contributed by atoms with E-state index in [0.29, 0.717) is 6.42 Å². The largest absolute Gasteiger partial charge is 0.472 e. The van der Waals surface area contributed by atoms with Crippen LogP contribution in [0.2, 0.25) is 0 Å². The van der Waals surface area contributed by atoms with Gasteiger partial charge >= 0.3 is 19.8 Å². The first-order valence-electron chi connectivity index (χ1n) is 21.0. The van der Waals surface area contributed by atoms with Gasteiger partial charge in [-0.2, -0.15) is 0 Å². The third kappa shape index (κ3) is 39.3. The predicted octanol–water partition coefficient (Wildman–Crippen LogP) is 13.2. The van der Waals surface area contributed by atoms with Crippen LogP contribution in [0.3, 0.4) is 0 Å². The van der Waals surface area contributed by atoms with Gasteiger partial charge in [-0.1, -0.05) is 152 Å². The molecule has 0 radical (unpaired) electrons. The SMILES string of the molecule is CC/C=C\C/C=C\C/C=C\CCCCCCCCCC(=O)OC(COC(=O)CCCCCCCCC/C=C\C/C=C\CCCCC)COP(=O)(O)OC. The summed E-state index contributed by atoms with van der Waals surface area (Å²) in [6.45, 7) is 3.73. The number of phosphoric acid groups is 1. The number of esters is 2. The Morgan fingerprint density at radius 3 is 1.43 bits per heavy atom. The predicted molar refractivity (Wildman–Crippen MR) is 221 cm³/mol. The van der Waals surface area contributed by atoms with Gasteiger partial charge in [0.1, 0.15) is 6.61 Å². The van der Waals surface area contributed by atoms with Gasteiger partial charge in [0.2, 0.25) is 0 Å². The van der Waals surface area contributed by atoms with E-state index in [-0.39, 0.29) is 25.4 Å². The Bertz CT molecular complexity index is 1050. The molecule has 0 spiro atoms. The highest BCUT2D eigenvalue weighted by molar-refractivity contribution is 7.47. The Hall–Kier alpha value is -2.25. The van der Waals surface area contributed by atoms with Crippen molar-refractivity contribution in [3.63, 3.8) is 0 Å². The van der Waals surface area contributed by atoms with Crippen LogP contribution < -0.4 is 0 Å². The lowest BCUT2D eigenvalue weighted by Gasteiger charge is -2.19. The van der Waals surface area contributed by atoms with E-state index in [1.165, 1.54) is 64.2 Å². The van der Waals surface area contributed by atoms with Crippen LogP contribution in [0, 0.1) is 0 Å². The van der Waals surface area contributed by atoms with E-state index < -0.39 is 26.5 Å². The number of unbranched alkanes of at least 4 members (excludes halogenated alkanes) is 17. The summed E-state index contributed by atoms with van der Waals surface area (Å²) in [5, 5.41) is 0. The summed E-state index contributed by atoms with van der Waals surface area (Å²) >= 11 is 0. The summed E-state index contributed by atoms with van der Waals surface area (Å²) in [6.07, 6.45) is 48.4. The standard InChI is InChI=1S/C44H77O8P/c1-4-6-8-10-12-14-16-18-20-22-24-26-28-30-32-34-36-38-43(45)50-40-42(41-51-53(47,48)49-3)52-44(46)39-37-35-33-31-29-27-25-23-21-19-17-15-13-11-9-7-5-2/h7,9,12-15,18-21,42H,4-6,8,10-11,16-17,22-41H2,1-3H3,(H,47,48)/b9-7-,14-12-,15-13-,20-18-,21-19-. The highest BCUT2D eigenvalue weighted by atomic mass is 31.2. The molecule has 0 aliphatic heterocycles. The van der Waals surface area contributed by atoms with Gasteiger partial charge in [0.05, 0.1) is 6.61 Å². The van der Waals surface area contributed by atoms with E-state index in [9.17, 15) is 19.0 Å². The number of ether oxygens (including phenoxy) is 2. The normalized spacial score (nSPS) is 14.0. The van der Waals surface area contributed by atoms with Crippen LogP contribution in [-0.2, 0) is 32.7 Å². The lowest BCUT2D eigenvalue weighted by molar-refractivity contribution is -0.161. The number of carbonyl (C=O) groups excluding carboxylic acids is 2. The number of phosphoric ester groups is 1. The fourth-order valence-corrected chi connectivity index (χ4v) is 5.99. The summed E-state index contributed by atoms with van der Waals surface area (Å²) in [7, 11) is -3.21. The van der Waals surface area contributed by atoms with E-state index in [1.54, 1.807) is 0 Å².